The van der Waals surface area contributed by atoms with Gasteiger partial charge in [-0.3, -0.25) is 14.5 Å². The summed E-state index contributed by atoms with van der Waals surface area (Å²) in [5.41, 5.74) is 1.22. The van der Waals surface area contributed by atoms with E-state index in [0.717, 1.165) is 31.7 Å². The lowest BCUT2D eigenvalue weighted by atomic mass is 10.1. The number of rotatable bonds is 8. The fourth-order valence-corrected chi connectivity index (χ4v) is 3.27. The highest BCUT2D eigenvalue weighted by molar-refractivity contribution is 6.35. The zero-order valence-corrected chi connectivity index (χ0v) is 15.9. The Morgan fingerprint density at radius 3 is 2.46 bits per heavy atom. The van der Waals surface area contributed by atoms with Crippen molar-refractivity contribution < 1.29 is 18.7 Å². The number of ether oxygens (including phenoxy) is 1. The number of aryl methyl sites for hydroxylation is 1. The van der Waals surface area contributed by atoms with E-state index in [9.17, 15) is 9.59 Å². The van der Waals surface area contributed by atoms with Gasteiger partial charge in [0.15, 0.2) is 0 Å². The topological polar surface area (TPSA) is 83.8 Å². The number of benzene rings is 1. The van der Waals surface area contributed by atoms with Crippen molar-refractivity contribution in [2.75, 3.05) is 39.4 Å². The summed E-state index contributed by atoms with van der Waals surface area (Å²) in [6.45, 7) is 3.58. The molecule has 1 atom stereocenters. The molecule has 1 fully saturated rings. The van der Waals surface area contributed by atoms with Gasteiger partial charge in [-0.05, 0) is 30.5 Å². The molecule has 0 unspecified atom stereocenters. The number of hydrogen-bond acceptors (Lipinski definition) is 5. The van der Waals surface area contributed by atoms with Gasteiger partial charge in [-0.15, -0.1) is 0 Å². The van der Waals surface area contributed by atoms with Crippen molar-refractivity contribution in [3.05, 3.63) is 60.1 Å². The third-order valence-electron chi connectivity index (χ3n) is 4.79. The lowest BCUT2D eigenvalue weighted by Gasteiger charge is -2.33. The largest absolute Gasteiger partial charge is 0.468 e. The first-order valence-electron chi connectivity index (χ1n) is 9.69. The van der Waals surface area contributed by atoms with E-state index in [2.05, 4.69) is 27.7 Å². The molecule has 3 rings (SSSR count). The number of carbonyl (C=O) groups excluding carboxylic acids is 2. The van der Waals surface area contributed by atoms with E-state index < -0.39 is 11.8 Å². The lowest BCUT2D eigenvalue weighted by Crippen LogP contribution is -2.46. The molecule has 1 aliphatic heterocycles. The summed E-state index contributed by atoms with van der Waals surface area (Å²) in [7, 11) is 0. The lowest BCUT2D eigenvalue weighted by molar-refractivity contribution is -0.139. The van der Waals surface area contributed by atoms with Crippen LogP contribution in [0.3, 0.4) is 0 Å². The van der Waals surface area contributed by atoms with Gasteiger partial charge >= 0.3 is 11.8 Å². The van der Waals surface area contributed by atoms with Crippen LogP contribution in [-0.2, 0) is 20.7 Å². The van der Waals surface area contributed by atoms with Crippen LogP contribution >= 0.6 is 0 Å². The Kier molecular flexibility index (Phi) is 7.63. The summed E-state index contributed by atoms with van der Waals surface area (Å²) in [6, 6.07) is 13.6. The molecule has 0 saturated carbocycles. The second kappa shape index (κ2) is 10.6. The van der Waals surface area contributed by atoms with Crippen molar-refractivity contribution in [1.29, 1.82) is 0 Å². The maximum Gasteiger partial charge on any atom is 0.309 e. The van der Waals surface area contributed by atoms with Crippen LogP contribution in [0.25, 0.3) is 0 Å². The fraction of sp³-hybridized carbons (Fsp3) is 0.429. The van der Waals surface area contributed by atoms with Gasteiger partial charge in [0.2, 0.25) is 0 Å². The Bertz CT molecular complexity index is 727. The molecule has 0 radical (unpaired) electrons. The van der Waals surface area contributed by atoms with Crippen molar-refractivity contribution in [2.24, 2.45) is 0 Å². The third-order valence-corrected chi connectivity index (χ3v) is 4.79. The Morgan fingerprint density at radius 2 is 1.75 bits per heavy atom. The molecule has 2 amide bonds. The predicted molar refractivity (Wildman–Crippen MR) is 105 cm³/mol. The van der Waals surface area contributed by atoms with E-state index in [4.69, 9.17) is 9.15 Å². The van der Waals surface area contributed by atoms with Crippen LogP contribution in [0.15, 0.2) is 53.1 Å². The maximum atomic E-state index is 12.2. The minimum absolute atomic E-state index is 0.117. The monoisotopic (exact) mass is 385 g/mol. The average Bonchev–Trinajstić information content (AvgIpc) is 3.27. The molecule has 1 aromatic carbocycles. The van der Waals surface area contributed by atoms with Crippen LogP contribution in [-0.4, -0.2) is 56.1 Å². The quantitative estimate of drug-likeness (QED) is 0.532. The molecular formula is C21H27N3O4. The van der Waals surface area contributed by atoms with Crippen LogP contribution in [0.2, 0.25) is 0 Å². The Hall–Kier alpha value is -2.64. The molecule has 2 heterocycles. The number of nitrogens with zero attached hydrogens (tertiary/aromatic N) is 1. The summed E-state index contributed by atoms with van der Waals surface area (Å²) in [5, 5.41) is 5.42. The molecule has 150 valence electrons. The van der Waals surface area contributed by atoms with E-state index in [1.54, 1.807) is 6.26 Å². The van der Waals surface area contributed by atoms with Gasteiger partial charge in [-0.25, -0.2) is 0 Å². The third kappa shape index (κ3) is 5.94. The second-order valence-corrected chi connectivity index (χ2v) is 6.73. The fourth-order valence-electron chi connectivity index (χ4n) is 3.27. The molecule has 1 aliphatic rings. The van der Waals surface area contributed by atoms with Crippen molar-refractivity contribution in [2.45, 2.75) is 18.9 Å². The van der Waals surface area contributed by atoms with Crippen LogP contribution in [0.4, 0.5) is 0 Å². The maximum absolute atomic E-state index is 12.2. The minimum Gasteiger partial charge on any atom is -0.468 e. The Labute approximate surface area is 165 Å². The molecule has 2 aromatic rings. The molecule has 7 heteroatoms. The van der Waals surface area contributed by atoms with E-state index in [1.165, 1.54) is 5.56 Å². The van der Waals surface area contributed by atoms with Crippen LogP contribution in [0.1, 0.15) is 23.8 Å². The summed E-state index contributed by atoms with van der Waals surface area (Å²) < 4.78 is 10.9. The standard InChI is InChI=1S/C21H27N3O4/c25-20(22-10-4-8-17-6-2-1-3-7-17)21(26)23-16-18(19-9-5-13-28-19)24-11-14-27-15-12-24/h1-3,5-7,9,13,18H,4,8,10-12,14-16H2,(H,22,25)(H,23,26)/t18-/m1/s1. The second-order valence-electron chi connectivity index (χ2n) is 6.73. The summed E-state index contributed by atoms with van der Waals surface area (Å²) in [4.78, 5) is 26.4. The van der Waals surface area contributed by atoms with Gasteiger partial charge in [0.25, 0.3) is 0 Å². The van der Waals surface area contributed by atoms with Gasteiger partial charge in [-0.1, -0.05) is 30.3 Å². The number of carbonyl (C=O) groups is 2. The highest BCUT2D eigenvalue weighted by Crippen LogP contribution is 2.21. The zero-order valence-electron chi connectivity index (χ0n) is 15.9. The summed E-state index contributed by atoms with van der Waals surface area (Å²) in [5.74, 6) is -0.455. The number of morpholine rings is 1. The van der Waals surface area contributed by atoms with Crippen LogP contribution in [0, 0.1) is 0 Å². The van der Waals surface area contributed by atoms with Gasteiger partial charge in [-0.2, -0.15) is 0 Å². The van der Waals surface area contributed by atoms with Crippen LogP contribution < -0.4 is 10.6 Å². The van der Waals surface area contributed by atoms with Gasteiger partial charge in [0.05, 0.1) is 25.5 Å². The normalized spacial score (nSPS) is 15.7. The minimum atomic E-state index is -0.621. The number of hydrogen-bond donors (Lipinski definition) is 2. The molecule has 2 N–H and O–H groups in total. The molecule has 1 aromatic heterocycles. The average molecular weight is 385 g/mol. The highest BCUT2D eigenvalue weighted by Gasteiger charge is 2.26. The van der Waals surface area contributed by atoms with Gasteiger partial charge in [0, 0.05) is 26.2 Å². The Balaban J connectivity index is 1.42. The highest BCUT2D eigenvalue weighted by atomic mass is 16.5. The molecule has 0 bridgehead atoms. The summed E-state index contributed by atoms with van der Waals surface area (Å²) >= 11 is 0. The number of amides is 2. The smallest absolute Gasteiger partial charge is 0.309 e. The van der Waals surface area contributed by atoms with Gasteiger partial charge in [0.1, 0.15) is 5.76 Å². The SMILES string of the molecule is O=C(NCCCc1ccccc1)C(=O)NC[C@H](c1ccco1)N1CCOCC1. The zero-order chi connectivity index (χ0) is 19.6. The van der Waals surface area contributed by atoms with E-state index in [1.807, 2.05) is 30.3 Å². The molecule has 7 nitrogen and oxygen atoms in total. The molecule has 28 heavy (non-hydrogen) atoms. The number of nitrogens with one attached hydrogen (secondary N) is 2. The van der Waals surface area contributed by atoms with Crippen molar-refractivity contribution in [3.63, 3.8) is 0 Å². The molecule has 1 saturated heterocycles. The van der Waals surface area contributed by atoms with Crippen molar-refractivity contribution in [3.8, 4) is 0 Å². The van der Waals surface area contributed by atoms with E-state index in [-0.39, 0.29) is 6.04 Å². The van der Waals surface area contributed by atoms with E-state index in [0.29, 0.717) is 26.3 Å². The van der Waals surface area contributed by atoms with E-state index >= 15 is 0 Å². The molecule has 0 spiro atoms. The molecule has 0 aliphatic carbocycles. The van der Waals surface area contributed by atoms with Crippen molar-refractivity contribution >= 4 is 11.8 Å². The molecular weight excluding hydrogens is 358 g/mol. The summed E-state index contributed by atoms with van der Waals surface area (Å²) in [6.07, 6.45) is 3.26. The first-order valence-corrected chi connectivity index (χ1v) is 9.69. The van der Waals surface area contributed by atoms with Gasteiger partial charge < -0.3 is 19.8 Å². The first kappa shape index (κ1) is 20.1. The van der Waals surface area contributed by atoms with Crippen LogP contribution in [0.5, 0.6) is 0 Å². The predicted octanol–water partition coefficient (Wildman–Crippen LogP) is 1.52. The number of furan rings is 1. The first-order chi connectivity index (χ1) is 13.7. The Morgan fingerprint density at radius 1 is 1.00 bits per heavy atom. The van der Waals surface area contributed by atoms with Crippen molar-refractivity contribution in [1.82, 2.24) is 15.5 Å².